The van der Waals surface area contributed by atoms with Gasteiger partial charge < -0.3 is 14.9 Å². The number of pyridine rings is 1. The molecule has 2 heterocycles. The summed E-state index contributed by atoms with van der Waals surface area (Å²) in [6.07, 6.45) is 3.35. The molecule has 3 aromatic rings. The zero-order valence-corrected chi connectivity index (χ0v) is 11.6. The van der Waals surface area contributed by atoms with E-state index in [1.54, 1.807) is 12.1 Å². The molecule has 0 saturated heterocycles. The molecule has 2 aromatic heterocycles. The van der Waals surface area contributed by atoms with Gasteiger partial charge in [0, 0.05) is 29.8 Å². The van der Waals surface area contributed by atoms with E-state index in [0.717, 1.165) is 17.4 Å². The second-order valence-corrected chi connectivity index (χ2v) is 4.71. The van der Waals surface area contributed by atoms with Crippen LogP contribution in [0.15, 0.2) is 53.6 Å². The number of nitrogens with one attached hydrogen (secondary N) is 2. The van der Waals surface area contributed by atoms with Crippen molar-refractivity contribution in [2.45, 2.75) is 13.5 Å². The molecule has 0 unspecified atom stereocenters. The molecule has 0 saturated carbocycles. The van der Waals surface area contributed by atoms with Gasteiger partial charge in [-0.3, -0.25) is 9.59 Å². The van der Waals surface area contributed by atoms with Gasteiger partial charge in [-0.15, -0.1) is 0 Å². The lowest BCUT2D eigenvalue weighted by atomic mass is 10.1. The van der Waals surface area contributed by atoms with E-state index in [1.807, 2.05) is 42.0 Å². The molecular formula is C16H15N3O2. The second-order valence-electron chi connectivity index (χ2n) is 4.71. The highest BCUT2D eigenvalue weighted by Crippen LogP contribution is 2.22. The molecule has 0 aliphatic rings. The lowest BCUT2D eigenvalue weighted by Crippen LogP contribution is -2.19. The number of aryl methyl sites for hydroxylation is 1. The Morgan fingerprint density at radius 2 is 2.05 bits per heavy atom. The number of hydrogen-bond donors (Lipinski definition) is 2. The maximum absolute atomic E-state index is 12.4. The third-order valence-electron chi connectivity index (χ3n) is 3.44. The first-order valence-corrected chi connectivity index (χ1v) is 6.77. The molecule has 1 aromatic carbocycles. The quantitative estimate of drug-likeness (QED) is 0.775. The van der Waals surface area contributed by atoms with E-state index in [0.29, 0.717) is 5.56 Å². The van der Waals surface area contributed by atoms with Crippen molar-refractivity contribution in [3.05, 3.63) is 64.7 Å². The van der Waals surface area contributed by atoms with E-state index in [2.05, 4.69) is 10.3 Å². The van der Waals surface area contributed by atoms with Gasteiger partial charge in [0.1, 0.15) is 5.69 Å². The molecule has 0 aliphatic heterocycles. The van der Waals surface area contributed by atoms with Crippen molar-refractivity contribution >= 4 is 22.5 Å². The normalized spacial score (nSPS) is 10.7. The summed E-state index contributed by atoms with van der Waals surface area (Å²) in [7, 11) is 0. The Hall–Kier alpha value is -2.82. The average molecular weight is 281 g/mol. The zero-order chi connectivity index (χ0) is 14.8. The smallest absolute Gasteiger partial charge is 0.271 e. The van der Waals surface area contributed by atoms with Crippen LogP contribution in [0, 0.1) is 0 Å². The molecule has 0 atom stereocenters. The number of fused-ring (bicyclic) bond motifs is 1. The lowest BCUT2D eigenvalue weighted by molar-refractivity contribution is 0.102. The Kier molecular flexibility index (Phi) is 3.31. The van der Waals surface area contributed by atoms with E-state index >= 15 is 0 Å². The summed E-state index contributed by atoms with van der Waals surface area (Å²) in [6.45, 7) is 2.80. The van der Waals surface area contributed by atoms with Crippen LogP contribution < -0.4 is 10.9 Å². The highest BCUT2D eigenvalue weighted by Gasteiger charge is 2.15. The molecule has 3 rings (SSSR count). The van der Waals surface area contributed by atoms with Gasteiger partial charge in [0.2, 0.25) is 0 Å². The molecule has 0 aliphatic carbocycles. The van der Waals surface area contributed by atoms with Crippen LogP contribution in [0.3, 0.4) is 0 Å². The lowest BCUT2D eigenvalue weighted by Gasteiger charge is -2.02. The minimum atomic E-state index is -0.315. The molecule has 106 valence electrons. The molecule has 5 nitrogen and oxygen atoms in total. The first-order chi connectivity index (χ1) is 10.2. The maximum Gasteiger partial charge on any atom is 0.271 e. The number of carbonyl (C=O) groups excluding carboxylic acids is 1. The highest BCUT2D eigenvalue weighted by molar-refractivity contribution is 6.12. The predicted octanol–water partition coefficient (Wildman–Crippen LogP) is 2.60. The number of para-hydroxylation sites is 1. The predicted molar refractivity (Wildman–Crippen MR) is 82.6 cm³/mol. The van der Waals surface area contributed by atoms with E-state index in [-0.39, 0.29) is 17.2 Å². The van der Waals surface area contributed by atoms with Crippen LogP contribution in [0.2, 0.25) is 0 Å². The van der Waals surface area contributed by atoms with Crippen molar-refractivity contribution in [2.75, 3.05) is 5.32 Å². The van der Waals surface area contributed by atoms with E-state index in [4.69, 9.17) is 0 Å². The van der Waals surface area contributed by atoms with E-state index in [1.165, 1.54) is 6.20 Å². The van der Waals surface area contributed by atoms with Crippen LogP contribution in [0.25, 0.3) is 10.9 Å². The SMILES string of the molecule is CCn1cc(C(=O)Nc2ccc[nH]c2=O)c2ccccc21. The molecule has 0 fully saturated rings. The highest BCUT2D eigenvalue weighted by atomic mass is 16.2. The van der Waals surface area contributed by atoms with Crippen molar-refractivity contribution < 1.29 is 4.79 Å². The molecule has 2 N–H and O–H groups in total. The summed E-state index contributed by atoms with van der Waals surface area (Å²) >= 11 is 0. The first-order valence-electron chi connectivity index (χ1n) is 6.77. The van der Waals surface area contributed by atoms with Gasteiger partial charge in [0.05, 0.1) is 5.56 Å². The fourth-order valence-electron chi connectivity index (χ4n) is 2.40. The van der Waals surface area contributed by atoms with Crippen LogP contribution in [0.1, 0.15) is 17.3 Å². The van der Waals surface area contributed by atoms with Crippen molar-refractivity contribution in [3.8, 4) is 0 Å². The van der Waals surface area contributed by atoms with Crippen LogP contribution in [0.5, 0.6) is 0 Å². The number of nitrogens with zero attached hydrogens (tertiary/aromatic N) is 1. The van der Waals surface area contributed by atoms with Gasteiger partial charge in [-0.2, -0.15) is 0 Å². The van der Waals surface area contributed by atoms with Gasteiger partial charge in [-0.25, -0.2) is 0 Å². The third kappa shape index (κ3) is 2.33. The topological polar surface area (TPSA) is 66.9 Å². The van der Waals surface area contributed by atoms with Crippen LogP contribution in [0.4, 0.5) is 5.69 Å². The largest absolute Gasteiger partial charge is 0.347 e. The van der Waals surface area contributed by atoms with Crippen LogP contribution >= 0.6 is 0 Å². The Bertz CT molecular complexity index is 861. The summed E-state index contributed by atoms with van der Waals surface area (Å²) in [4.78, 5) is 26.6. The van der Waals surface area contributed by atoms with Gasteiger partial charge >= 0.3 is 0 Å². The molecule has 0 radical (unpaired) electrons. The van der Waals surface area contributed by atoms with Gasteiger partial charge in [-0.05, 0) is 25.1 Å². The maximum atomic E-state index is 12.4. The Balaban J connectivity index is 2.03. The number of aromatic amines is 1. The van der Waals surface area contributed by atoms with Crippen molar-refractivity contribution in [3.63, 3.8) is 0 Å². The van der Waals surface area contributed by atoms with Crippen LogP contribution in [-0.2, 0) is 6.54 Å². The van der Waals surface area contributed by atoms with Crippen molar-refractivity contribution in [2.24, 2.45) is 0 Å². The Morgan fingerprint density at radius 3 is 2.81 bits per heavy atom. The van der Waals surface area contributed by atoms with Crippen molar-refractivity contribution in [1.82, 2.24) is 9.55 Å². The summed E-state index contributed by atoms with van der Waals surface area (Å²) < 4.78 is 2.01. The standard InChI is InChI=1S/C16H15N3O2/c1-2-19-10-12(11-6-3-4-8-14(11)19)15(20)18-13-7-5-9-17-16(13)21/h3-10H,2H2,1H3,(H,17,21)(H,18,20). The minimum Gasteiger partial charge on any atom is -0.347 e. The molecular weight excluding hydrogens is 266 g/mol. The zero-order valence-electron chi connectivity index (χ0n) is 11.6. The average Bonchev–Trinajstić information content (AvgIpc) is 2.88. The second kappa shape index (κ2) is 5.28. The van der Waals surface area contributed by atoms with Gasteiger partial charge in [0.15, 0.2) is 0 Å². The third-order valence-corrected chi connectivity index (χ3v) is 3.44. The number of aromatic nitrogens is 2. The van der Waals surface area contributed by atoms with Crippen molar-refractivity contribution in [1.29, 1.82) is 0 Å². The molecule has 21 heavy (non-hydrogen) atoms. The molecule has 0 bridgehead atoms. The first kappa shape index (κ1) is 13.2. The number of benzene rings is 1. The monoisotopic (exact) mass is 281 g/mol. The Labute approximate surface area is 121 Å². The summed E-state index contributed by atoms with van der Waals surface area (Å²) in [5.41, 5.74) is 1.50. The number of H-pyrrole nitrogens is 1. The van der Waals surface area contributed by atoms with E-state index in [9.17, 15) is 9.59 Å². The number of hydrogen-bond acceptors (Lipinski definition) is 2. The Morgan fingerprint density at radius 1 is 1.24 bits per heavy atom. The van der Waals surface area contributed by atoms with Crippen LogP contribution in [-0.4, -0.2) is 15.5 Å². The number of carbonyl (C=O) groups is 1. The number of anilines is 1. The summed E-state index contributed by atoms with van der Waals surface area (Å²) in [5.74, 6) is -0.282. The minimum absolute atomic E-state index is 0.246. The number of rotatable bonds is 3. The van der Waals surface area contributed by atoms with Gasteiger partial charge in [0.25, 0.3) is 11.5 Å². The summed E-state index contributed by atoms with van der Waals surface area (Å²) in [6, 6.07) is 11.0. The molecule has 0 spiro atoms. The molecule has 1 amide bonds. The molecule has 5 heteroatoms. The van der Waals surface area contributed by atoms with Gasteiger partial charge in [-0.1, -0.05) is 18.2 Å². The van der Waals surface area contributed by atoms with E-state index < -0.39 is 0 Å². The number of amides is 1. The fourth-order valence-corrected chi connectivity index (χ4v) is 2.40. The summed E-state index contributed by atoms with van der Waals surface area (Å²) in [5, 5.41) is 3.54. The fraction of sp³-hybridized carbons (Fsp3) is 0.125.